The van der Waals surface area contributed by atoms with Gasteiger partial charge in [0.05, 0.1) is 0 Å². The van der Waals surface area contributed by atoms with Crippen LogP contribution in [0.3, 0.4) is 0 Å². The molecule has 1 saturated heterocycles. The van der Waals surface area contributed by atoms with Crippen LogP contribution in [0.5, 0.6) is 5.75 Å². The van der Waals surface area contributed by atoms with Crippen molar-refractivity contribution in [2.75, 3.05) is 32.8 Å². The number of urea groups is 1. The van der Waals surface area contributed by atoms with Gasteiger partial charge in [-0.25, -0.2) is 9.18 Å². The second kappa shape index (κ2) is 15.1. The van der Waals surface area contributed by atoms with E-state index in [1.165, 1.54) is 12.1 Å². The molecule has 0 aromatic heterocycles. The van der Waals surface area contributed by atoms with Crippen LogP contribution < -0.4 is 15.4 Å². The van der Waals surface area contributed by atoms with Crippen LogP contribution in [-0.4, -0.2) is 66.6 Å². The Labute approximate surface area is 252 Å². The molecule has 1 radical (unpaired) electrons. The molecule has 2 unspecified atom stereocenters. The van der Waals surface area contributed by atoms with E-state index in [2.05, 4.69) is 22.5 Å². The Balaban J connectivity index is 0.00000456. The molecule has 193 valence electrons. The number of piperazine rings is 1. The zero-order chi connectivity index (χ0) is 25.4. The summed E-state index contributed by atoms with van der Waals surface area (Å²) in [5.74, 6) is 0.102. The van der Waals surface area contributed by atoms with E-state index in [0.717, 1.165) is 5.56 Å². The molecule has 2 aromatic carbocycles. The number of carbonyl (C=O) groups is 2. The Bertz CT molecular complexity index is 1010. The largest absolute Gasteiger partial charge is 0.676 e. The van der Waals surface area contributed by atoms with Crippen LogP contribution in [0.1, 0.15) is 25.0 Å². The first-order chi connectivity index (χ1) is 16.8. The molecule has 0 spiro atoms. The van der Waals surface area contributed by atoms with Crippen LogP contribution in [0, 0.1) is 49.9 Å². The number of carbonyl (C=O) groups excluding carboxylic acids is 2. The van der Waals surface area contributed by atoms with Crippen molar-refractivity contribution in [1.82, 2.24) is 20.4 Å². The fraction of sp³-hybridized carbons (Fsp3) is 0.440. The first-order valence-electron chi connectivity index (χ1n) is 11.6. The third kappa shape index (κ3) is 9.14. The van der Waals surface area contributed by atoms with Gasteiger partial charge in [-0.3, -0.25) is 9.69 Å². The predicted molar refractivity (Wildman–Crippen MR) is 134 cm³/mol. The minimum absolute atomic E-state index is 0. The van der Waals surface area contributed by atoms with Gasteiger partial charge in [0.25, 0.3) is 5.91 Å². The molecule has 8 nitrogen and oxygen atoms in total. The molecule has 3 N–H and O–H groups in total. The Morgan fingerprint density at radius 2 is 1.83 bits per heavy atom. The van der Waals surface area contributed by atoms with Crippen LogP contribution in [0.2, 0.25) is 5.02 Å². The summed E-state index contributed by atoms with van der Waals surface area (Å²) in [6.45, 7) is 6.44. The van der Waals surface area contributed by atoms with Crippen LogP contribution in [0.25, 0.3) is 5.73 Å². The predicted octanol–water partition coefficient (Wildman–Crippen LogP) is 3.83. The second-order valence-electron chi connectivity index (χ2n) is 8.70. The van der Waals surface area contributed by atoms with Gasteiger partial charge in [-0.15, -0.1) is 6.54 Å². The summed E-state index contributed by atoms with van der Waals surface area (Å²) in [5.41, 5.74) is 8.78. The summed E-state index contributed by atoms with van der Waals surface area (Å²) < 4.78 is 19.0. The van der Waals surface area contributed by atoms with E-state index in [9.17, 15) is 14.0 Å². The van der Waals surface area contributed by atoms with Crippen molar-refractivity contribution in [2.45, 2.75) is 39.0 Å². The van der Waals surface area contributed by atoms with E-state index >= 15 is 0 Å². The van der Waals surface area contributed by atoms with Crippen LogP contribution in [-0.2, 0) is 17.9 Å². The Morgan fingerprint density at radius 1 is 1.11 bits per heavy atom. The standard InChI is InChI=1S/C25H32ClFN5O3.Ac/c1-17-14-32(18(2)13-31(17)15-19-3-6-22(27)7-4-19)24(33)16-35-23-8-5-21(26)11-20(23)12-30-25(34)29-10-9-28;/h3-8,11,17-18,28H,9-10,12-16H2,1-2H3,(H2,29,30,34);/q-1;. The van der Waals surface area contributed by atoms with Gasteiger partial charge in [-0.1, -0.05) is 23.7 Å². The molecule has 1 heterocycles. The van der Waals surface area contributed by atoms with Gasteiger partial charge in [-0.05, 0) is 49.7 Å². The zero-order valence-electron chi connectivity index (χ0n) is 20.6. The first-order valence-corrected chi connectivity index (χ1v) is 12.0. The summed E-state index contributed by atoms with van der Waals surface area (Å²) in [5, 5.41) is 5.76. The van der Waals surface area contributed by atoms with Gasteiger partial charge >= 0.3 is 6.03 Å². The van der Waals surface area contributed by atoms with Crippen molar-refractivity contribution in [2.24, 2.45) is 0 Å². The third-order valence-corrected chi connectivity index (χ3v) is 6.19. The molecular weight excluding hydrogens is 700 g/mol. The number of benzene rings is 2. The summed E-state index contributed by atoms with van der Waals surface area (Å²) in [4.78, 5) is 28.9. The second-order valence-corrected chi connectivity index (χ2v) is 9.14. The molecule has 1 fully saturated rings. The molecule has 2 aromatic rings. The molecule has 3 amide bonds. The van der Waals surface area contributed by atoms with Crippen molar-refractivity contribution in [3.63, 3.8) is 0 Å². The third-order valence-electron chi connectivity index (χ3n) is 5.96. The summed E-state index contributed by atoms with van der Waals surface area (Å²) in [6, 6.07) is 11.3. The van der Waals surface area contributed by atoms with Crippen molar-refractivity contribution < 1.29 is 62.8 Å². The minimum Gasteiger partial charge on any atom is -0.676 e. The Morgan fingerprint density at radius 3 is 2.53 bits per heavy atom. The van der Waals surface area contributed by atoms with Gasteiger partial charge in [0.15, 0.2) is 6.61 Å². The molecule has 2 atom stereocenters. The van der Waals surface area contributed by atoms with Gasteiger partial charge in [0.1, 0.15) is 11.6 Å². The number of rotatable bonds is 9. The van der Waals surface area contributed by atoms with E-state index in [1.54, 1.807) is 30.3 Å². The van der Waals surface area contributed by atoms with E-state index < -0.39 is 0 Å². The number of ether oxygens (including phenoxy) is 1. The Kier molecular flexibility index (Phi) is 12.9. The molecule has 0 bridgehead atoms. The maximum Gasteiger partial charge on any atom is 0.315 e. The van der Waals surface area contributed by atoms with Crippen molar-refractivity contribution in [3.05, 3.63) is 70.2 Å². The van der Waals surface area contributed by atoms with Crippen LogP contribution in [0.15, 0.2) is 42.5 Å². The fourth-order valence-electron chi connectivity index (χ4n) is 4.05. The zero-order valence-corrected chi connectivity index (χ0v) is 26.1. The molecule has 0 aliphatic carbocycles. The molecule has 1 aliphatic rings. The molecular formula is C25H32AcClFN5O3-. The van der Waals surface area contributed by atoms with E-state index in [4.69, 9.17) is 22.1 Å². The van der Waals surface area contributed by atoms with Crippen molar-refractivity contribution in [1.29, 1.82) is 0 Å². The van der Waals surface area contributed by atoms with Crippen molar-refractivity contribution >= 4 is 23.5 Å². The molecule has 1 aliphatic heterocycles. The normalized spacial score (nSPS) is 17.8. The van der Waals surface area contributed by atoms with Crippen molar-refractivity contribution in [3.8, 4) is 5.75 Å². The summed E-state index contributed by atoms with van der Waals surface area (Å²) >= 11 is 6.11. The average Bonchev–Trinajstić information content (AvgIpc) is 2.84. The van der Waals surface area contributed by atoms with Gasteiger partial charge < -0.3 is 26.0 Å². The van der Waals surface area contributed by atoms with E-state index in [1.807, 2.05) is 11.8 Å². The van der Waals surface area contributed by atoms with E-state index in [0.29, 0.717) is 36.0 Å². The fourth-order valence-corrected chi connectivity index (χ4v) is 4.25. The maximum absolute atomic E-state index is 13.2. The molecule has 11 heteroatoms. The van der Waals surface area contributed by atoms with E-state index in [-0.39, 0.29) is 100 Å². The number of amides is 3. The monoisotopic (exact) mass is 731 g/mol. The van der Waals surface area contributed by atoms with Gasteiger partial charge in [-0.2, -0.15) is 0 Å². The SMILES string of the molecule is CC1CN(C(=O)COc2ccc(Cl)cc2CNC(=O)NCC[NH-])C(C)CN1Cc1ccc(F)cc1.[Ac]. The van der Waals surface area contributed by atoms with Gasteiger partial charge in [0, 0.05) is 99.5 Å². The molecule has 3 rings (SSSR count). The average molecular weight is 732 g/mol. The number of halogens is 2. The Hall–Kier alpha value is -1.44. The number of hydrogen-bond donors (Lipinski definition) is 2. The number of nitrogens with one attached hydrogen (secondary N) is 3. The number of hydrogen-bond acceptors (Lipinski definition) is 4. The topological polar surface area (TPSA) is 97.7 Å². The quantitative estimate of drug-likeness (QED) is 0.410. The molecule has 0 saturated carbocycles. The smallest absolute Gasteiger partial charge is 0.315 e. The summed E-state index contributed by atoms with van der Waals surface area (Å²) in [7, 11) is 0. The first kappa shape index (κ1) is 30.8. The van der Waals surface area contributed by atoms with Crippen LogP contribution in [0.4, 0.5) is 9.18 Å². The number of nitrogens with zero attached hydrogens (tertiary/aromatic N) is 2. The van der Waals surface area contributed by atoms with Gasteiger partial charge in [0.2, 0.25) is 0 Å². The summed E-state index contributed by atoms with van der Waals surface area (Å²) in [6.07, 6.45) is 0. The molecule has 36 heavy (non-hydrogen) atoms. The minimum atomic E-state index is -0.388. The van der Waals surface area contributed by atoms with Crippen LogP contribution >= 0.6 is 11.6 Å². The maximum atomic E-state index is 13.2.